The summed E-state index contributed by atoms with van der Waals surface area (Å²) in [5, 5.41) is 0. The van der Waals surface area contributed by atoms with Crippen molar-refractivity contribution in [2.24, 2.45) is 11.7 Å². The number of nitrogens with two attached hydrogens (primary N) is 1. The molecule has 1 saturated heterocycles. The van der Waals surface area contributed by atoms with Gasteiger partial charge in [-0.1, -0.05) is 13.3 Å². The first kappa shape index (κ1) is 14.8. The van der Waals surface area contributed by atoms with Crippen LogP contribution < -0.4 is 10.6 Å². The van der Waals surface area contributed by atoms with Crippen LogP contribution in [0.25, 0.3) is 0 Å². The highest BCUT2D eigenvalue weighted by molar-refractivity contribution is 5.90. The van der Waals surface area contributed by atoms with Gasteiger partial charge in [0.05, 0.1) is 18.4 Å². The van der Waals surface area contributed by atoms with Gasteiger partial charge in [-0.2, -0.15) is 0 Å². The molecule has 20 heavy (non-hydrogen) atoms. The van der Waals surface area contributed by atoms with Crippen molar-refractivity contribution in [1.82, 2.24) is 4.98 Å². The maximum absolute atomic E-state index is 11.6. The highest BCUT2D eigenvalue weighted by Gasteiger charge is 2.26. The molecule has 0 amide bonds. The topological polar surface area (TPSA) is 68.5 Å². The van der Waals surface area contributed by atoms with Crippen LogP contribution in [0, 0.1) is 12.8 Å². The fraction of sp³-hybridized carbons (Fsp3) is 0.600. The number of esters is 1. The lowest BCUT2D eigenvalue weighted by Crippen LogP contribution is -2.47. The van der Waals surface area contributed by atoms with Gasteiger partial charge in [-0.15, -0.1) is 0 Å². The molecule has 5 nitrogen and oxygen atoms in total. The van der Waals surface area contributed by atoms with E-state index in [0.717, 1.165) is 31.7 Å². The van der Waals surface area contributed by atoms with E-state index in [1.165, 1.54) is 7.11 Å². The van der Waals surface area contributed by atoms with Crippen molar-refractivity contribution in [2.45, 2.75) is 32.7 Å². The summed E-state index contributed by atoms with van der Waals surface area (Å²) in [5.74, 6) is 1.08. The molecule has 2 heterocycles. The van der Waals surface area contributed by atoms with Gasteiger partial charge in [0.15, 0.2) is 0 Å². The van der Waals surface area contributed by atoms with Gasteiger partial charge in [0.1, 0.15) is 5.82 Å². The normalized spacial score (nSPS) is 22.7. The summed E-state index contributed by atoms with van der Waals surface area (Å²) in [7, 11) is 1.38. The van der Waals surface area contributed by atoms with E-state index in [0.29, 0.717) is 17.2 Å². The van der Waals surface area contributed by atoms with Crippen molar-refractivity contribution in [3.05, 3.63) is 23.4 Å². The Morgan fingerprint density at radius 3 is 2.90 bits per heavy atom. The third-order valence-electron chi connectivity index (χ3n) is 4.12. The number of aryl methyl sites for hydroxylation is 1. The van der Waals surface area contributed by atoms with Crippen LogP contribution in [-0.4, -0.2) is 37.2 Å². The molecule has 1 fully saturated rings. The van der Waals surface area contributed by atoms with Gasteiger partial charge in [-0.3, -0.25) is 0 Å². The van der Waals surface area contributed by atoms with Crippen molar-refractivity contribution in [3.8, 4) is 0 Å². The van der Waals surface area contributed by atoms with Gasteiger partial charge in [0, 0.05) is 19.1 Å². The van der Waals surface area contributed by atoms with Crippen molar-refractivity contribution < 1.29 is 9.53 Å². The molecule has 2 unspecified atom stereocenters. The Labute approximate surface area is 120 Å². The molecule has 2 rings (SSSR count). The number of carbonyl (C=O) groups is 1. The Hall–Kier alpha value is -1.62. The van der Waals surface area contributed by atoms with Crippen LogP contribution in [0.2, 0.25) is 0 Å². The molecular weight excluding hydrogens is 254 g/mol. The van der Waals surface area contributed by atoms with Crippen LogP contribution in [-0.2, 0) is 4.74 Å². The van der Waals surface area contributed by atoms with Gasteiger partial charge < -0.3 is 15.4 Å². The Bertz CT molecular complexity index is 490. The zero-order valence-corrected chi connectivity index (χ0v) is 12.4. The van der Waals surface area contributed by atoms with Gasteiger partial charge in [-0.05, 0) is 31.4 Å². The van der Waals surface area contributed by atoms with Crippen LogP contribution >= 0.6 is 0 Å². The number of ether oxygens (including phenoxy) is 1. The maximum Gasteiger partial charge on any atom is 0.339 e. The van der Waals surface area contributed by atoms with Crippen molar-refractivity contribution >= 4 is 11.8 Å². The molecule has 0 aromatic carbocycles. The average molecular weight is 277 g/mol. The van der Waals surface area contributed by atoms with E-state index in [1.807, 2.05) is 13.0 Å². The second-order valence-electron chi connectivity index (χ2n) is 5.36. The van der Waals surface area contributed by atoms with Crippen LogP contribution in [0.15, 0.2) is 12.1 Å². The number of hydrogen-bond acceptors (Lipinski definition) is 5. The Morgan fingerprint density at radius 2 is 2.30 bits per heavy atom. The summed E-state index contributed by atoms with van der Waals surface area (Å²) in [6, 6.07) is 3.97. The fourth-order valence-electron chi connectivity index (χ4n) is 2.74. The number of carbonyl (C=O) groups excluding carboxylic acids is 1. The summed E-state index contributed by atoms with van der Waals surface area (Å²) < 4.78 is 4.74. The zero-order valence-electron chi connectivity index (χ0n) is 12.4. The predicted molar refractivity (Wildman–Crippen MR) is 78.9 cm³/mol. The van der Waals surface area contributed by atoms with E-state index in [1.54, 1.807) is 6.07 Å². The van der Waals surface area contributed by atoms with E-state index in [2.05, 4.69) is 16.8 Å². The Kier molecular flexibility index (Phi) is 4.60. The number of anilines is 1. The first-order chi connectivity index (χ1) is 9.56. The molecule has 1 aromatic heterocycles. The predicted octanol–water partition coefficient (Wildman–Crippen LogP) is 1.74. The summed E-state index contributed by atoms with van der Waals surface area (Å²) >= 11 is 0. The van der Waals surface area contributed by atoms with Gasteiger partial charge >= 0.3 is 5.97 Å². The van der Waals surface area contributed by atoms with Crippen molar-refractivity contribution in [2.75, 3.05) is 25.1 Å². The number of rotatable bonds is 3. The van der Waals surface area contributed by atoms with Crippen molar-refractivity contribution in [1.29, 1.82) is 0 Å². The van der Waals surface area contributed by atoms with E-state index < -0.39 is 0 Å². The molecule has 1 aromatic rings. The van der Waals surface area contributed by atoms with E-state index in [9.17, 15) is 4.79 Å². The molecule has 110 valence electrons. The van der Waals surface area contributed by atoms with E-state index in [-0.39, 0.29) is 12.0 Å². The standard InChI is InChI=1S/C15H23N3O2/c1-4-11-9-18(8-7-13(11)16)14-6-5-12(10(2)17-14)15(19)20-3/h5-6,11,13H,4,7-9,16H2,1-3H3. The quantitative estimate of drug-likeness (QED) is 0.852. The lowest BCUT2D eigenvalue weighted by Gasteiger charge is -2.37. The monoisotopic (exact) mass is 277 g/mol. The summed E-state index contributed by atoms with van der Waals surface area (Å²) in [6.07, 6.45) is 2.06. The molecule has 2 atom stereocenters. The van der Waals surface area contributed by atoms with Gasteiger partial charge in [0.2, 0.25) is 0 Å². The van der Waals surface area contributed by atoms with Crippen LogP contribution in [0.3, 0.4) is 0 Å². The molecule has 1 aliphatic rings. The number of aromatic nitrogens is 1. The third kappa shape index (κ3) is 2.93. The highest BCUT2D eigenvalue weighted by Crippen LogP contribution is 2.24. The first-order valence-electron chi connectivity index (χ1n) is 7.13. The molecule has 0 aliphatic carbocycles. The van der Waals surface area contributed by atoms with E-state index >= 15 is 0 Å². The number of methoxy groups -OCH3 is 1. The highest BCUT2D eigenvalue weighted by atomic mass is 16.5. The minimum absolute atomic E-state index is 0.284. The molecule has 0 saturated carbocycles. The second-order valence-corrected chi connectivity index (χ2v) is 5.36. The lowest BCUT2D eigenvalue weighted by atomic mass is 9.91. The second kappa shape index (κ2) is 6.22. The molecule has 0 radical (unpaired) electrons. The van der Waals surface area contributed by atoms with Crippen LogP contribution in [0.1, 0.15) is 35.8 Å². The summed E-state index contributed by atoms with van der Waals surface area (Å²) in [4.78, 5) is 18.4. The smallest absolute Gasteiger partial charge is 0.339 e. The molecular formula is C15H23N3O2. The average Bonchev–Trinajstić information content (AvgIpc) is 2.47. The molecule has 2 N–H and O–H groups in total. The number of hydrogen-bond donors (Lipinski definition) is 1. The minimum Gasteiger partial charge on any atom is -0.465 e. The maximum atomic E-state index is 11.6. The number of nitrogens with zero attached hydrogens (tertiary/aromatic N) is 2. The van der Waals surface area contributed by atoms with E-state index in [4.69, 9.17) is 10.5 Å². The molecule has 0 spiro atoms. The Balaban J connectivity index is 2.17. The summed E-state index contributed by atoms with van der Waals surface area (Å²) in [6.45, 7) is 5.86. The van der Waals surface area contributed by atoms with Crippen LogP contribution in [0.4, 0.5) is 5.82 Å². The zero-order chi connectivity index (χ0) is 14.7. The Morgan fingerprint density at radius 1 is 1.55 bits per heavy atom. The fourth-order valence-corrected chi connectivity index (χ4v) is 2.74. The number of pyridine rings is 1. The molecule has 0 bridgehead atoms. The molecule has 5 heteroatoms. The molecule has 1 aliphatic heterocycles. The number of piperidine rings is 1. The first-order valence-corrected chi connectivity index (χ1v) is 7.13. The largest absolute Gasteiger partial charge is 0.465 e. The SMILES string of the molecule is CCC1CN(c2ccc(C(=O)OC)c(C)n2)CCC1N. The third-order valence-corrected chi connectivity index (χ3v) is 4.12. The minimum atomic E-state index is -0.339. The van der Waals surface area contributed by atoms with Gasteiger partial charge in [-0.25, -0.2) is 9.78 Å². The summed E-state index contributed by atoms with van der Waals surface area (Å²) in [5.41, 5.74) is 7.36. The van der Waals surface area contributed by atoms with Gasteiger partial charge in [0.25, 0.3) is 0 Å². The van der Waals surface area contributed by atoms with Crippen LogP contribution in [0.5, 0.6) is 0 Å². The van der Waals surface area contributed by atoms with Crippen molar-refractivity contribution in [3.63, 3.8) is 0 Å². The lowest BCUT2D eigenvalue weighted by molar-refractivity contribution is 0.0599.